The van der Waals surface area contributed by atoms with Crippen molar-refractivity contribution in [3.63, 3.8) is 0 Å². The number of carbonyl (C=O) groups is 1. The van der Waals surface area contributed by atoms with Crippen LogP contribution in [0.15, 0.2) is 18.3 Å². The van der Waals surface area contributed by atoms with Gasteiger partial charge in [0, 0.05) is 12.7 Å². The summed E-state index contributed by atoms with van der Waals surface area (Å²) in [5, 5.41) is 2.69. The van der Waals surface area contributed by atoms with Crippen molar-refractivity contribution in [2.24, 2.45) is 0 Å². The first-order valence-corrected chi connectivity index (χ1v) is 6.63. The van der Waals surface area contributed by atoms with Crippen LogP contribution in [0.1, 0.15) is 38.4 Å². The number of aryl methyl sites for hydroxylation is 1. The molecule has 0 unspecified atom stereocenters. The summed E-state index contributed by atoms with van der Waals surface area (Å²) in [6.07, 6.45) is 5.98. The third kappa shape index (κ3) is 6.22. The molecule has 3 N–H and O–H groups in total. The second-order valence-electron chi connectivity index (χ2n) is 5.56. The number of rotatable bonds is 4. The van der Waals surface area contributed by atoms with Gasteiger partial charge in [-0.1, -0.05) is 12.2 Å². The first-order valence-electron chi connectivity index (χ1n) is 6.63. The van der Waals surface area contributed by atoms with Gasteiger partial charge in [0.15, 0.2) is 0 Å². The molecule has 1 aromatic rings. The van der Waals surface area contributed by atoms with E-state index in [2.05, 4.69) is 10.3 Å². The molecule has 0 spiro atoms. The van der Waals surface area contributed by atoms with Crippen LogP contribution in [0, 0.1) is 6.92 Å². The monoisotopic (exact) mass is 277 g/mol. The van der Waals surface area contributed by atoms with Crippen LogP contribution in [-0.2, 0) is 4.74 Å². The van der Waals surface area contributed by atoms with E-state index in [1.165, 1.54) is 0 Å². The molecule has 0 saturated carbocycles. The third-order valence-electron chi connectivity index (χ3n) is 2.44. The number of alkyl carbamates (subject to hydrolysis) is 1. The molecule has 1 rings (SSSR count). The molecule has 0 saturated heterocycles. The minimum atomic E-state index is -0.467. The summed E-state index contributed by atoms with van der Waals surface area (Å²) in [5.74, 6) is 0. The zero-order chi connectivity index (χ0) is 15.2. The number of amides is 1. The third-order valence-corrected chi connectivity index (χ3v) is 2.44. The predicted molar refractivity (Wildman–Crippen MR) is 81.3 cm³/mol. The van der Waals surface area contributed by atoms with E-state index in [9.17, 15) is 4.79 Å². The highest BCUT2D eigenvalue weighted by molar-refractivity contribution is 5.67. The molecular weight excluding hydrogens is 254 g/mol. The van der Waals surface area contributed by atoms with Crippen LogP contribution < -0.4 is 11.1 Å². The number of hydrogen-bond donors (Lipinski definition) is 2. The van der Waals surface area contributed by atoms with Gasteiger partial charge in [0.25, 0.3) is 0 Å². The van der Waals surface area contributed by atoms with Crippen LogP contribution in [0.2, 0.25) is 0 Å². The van der Waals surface area contributed by atoms with Crippen molar-refractivity contribution in [1.82, 2.24) is 10.3 Å². The summed E-state index contributed by atoms with van der Waals surface area (Å²) in [6.45, 7) is 7.90. The van der Waals surface area contributed by atoms with Gasteiger partial charge in [-0.2, -0.15) is 0 Å². The lowest BCUT2D eigenvalue weighted by Crippen LogP contribution is -2.32. The Morgan fingerprint density at radius 1 is 1.50 bits per heavy atom. The highest BCUT2D eigenvalue weighted by atomic mass is 16.6. The molecule has 0 radical (unpaired) electrons. The van der Waals surface area contributed by atoms with Crippen molar-refractivity contribution >= 4 is 17.9 Å². The molecule has 20 heavy (non-hydrogen) atoms. The summed E-state index contributed by atoms with van der Waals surface area (Å²) in [4.78, 5) is 15.6. The Bertz CT molecular complexity index is 490. The first-order chi connectivity index (χ1) is 9.28. The molecule has 0 bridgehead atoms. The average molecular weight is 277 g/mol. The molecule has 1 amide bonds. The van der Waals surface area contributed by atoms with E-state index in [1.54, 1.807) is 6.20 Å². The normalized spacial score (nSPS) is 11.6. The number of hydrogen-bond acceptors (Lipinski definition) is 4. The molecule has 0 aliphatic carbocycles. The highest BCUT2D eigenvalue weighted by Crippen LogP contribution is 2.11. The molecule has 0 fully saturated rings. The molecule has 0 atom stereocenters. The molecule has 0 aliphatic rings. The largest absolute Gasteiger partial charge is 0.444 e. The first kappa shape index (κ1) is 16.0. The number of nitrogens with two attached hydrogens (primary N) is 1. The molecule has 5 nitrogen and oxygen atoms in total. The summed E-state index contributed by atoms with van der Waals surface area (Å²) < 4.78 is 5.13. The van der Waals surface area contributed by atoms with Crippen LogP contribution in [0.5, 0.6) is 0 Å². The SMILES string of the molecule is Cc1ncc(C=CCCNC(=O)OC(C)(C)C)cc1N. The number of ether oxygens (including phenoxy) is 1. The van der Waals surface area contributed by atoms with E-state index in [-0.39, 0.29) is 0 Å². The van der Waals surface area contributed by atoms with E-state index >= 15 is 0 Å². The van der Waals surface area contributed by atoms with Crippen molar-refractivity contribution in [3.8, 4) is 0 Å². The van der Waals surface area contributed by atoms with E-state index in [0.29, 0.717) is 18.7 Å². The lowest BCUT2D eigenvalue weighted by molar-refractivity contribution is 0.0529. The van der Waals surface area contributed by atoms with Crippen molar-refractivity contribution in [2.75, 3.05) is 12.3 Å². The predicted octanol–water partition coefficient (Wildman–Crippen LogP) is 2.90. The Hall–Kier alpha value is -2.04. The Morgan fingerprint density at radius 3 is 2.80 bits per heavy atom. The standard InChI is InChI=1S/C15H23N3O2/c1-11-13(16)9-12(10-18-11)7-5-6-8-17-14(19)20-15(2,3)4/h5,7,9-10H,6,8,16H2,1-4H3,(H,17,19). The fourth-order valence-corrected chi connectivity index (χ4v) is 1.45. The maximum Gasteiger partial charge on any atom is 0.407 e. The number of carbonyl (C=O) groups excluding carboxylic acids is 1. The quantitative estimate of drug-likeness (QED) is 0.830. The molecule has 0 aliphatic heterocycles. The molecule has 1 heterocycles. The molecule has 0 aromatic carbocycles. The van der Waals surface area contributed by atoms with Crippen LogP contribution >= 0.6 is 0 Å². The fraction of sp³-hybridized carbons (Fsp3) is 0.467. The number of nitrogen functional groups attached to an aromatic ring is 1. The van der Waals surface area contributed by atoms with Gasteiger partial charge in [-0.05, 0) is 45.7 Å². The summed E-state index contributed by atoms with van der Waals surface area (Å²) in [5.41, 5.74) is 7.77. The van der Waals surface area contributed by atoms with Crippen LogP contribution in [0.4, 0.5) is 10.5 Å². The maximum absolute atomic E-state index is 11.4. The summed E-state index contributed by atoms with van der Waals surface area (Å²) in [7, 11) is 0. The lowest BCUT2D eigenvalue weighted by atomic mass is 10.2. The Labute approximate surface area is 120 Å². The minimum absolute atomic E-state index is 0.396. The van der Waals surface area contributed by atoms with E-state index in [4.69, 9.17) is 10.5 Å². The Balaban J connectivity index is 2.32. The van der Waals surface area contributed by atoms with E-state index in [1.807, 2.05) is 45.9 Å². The number of nitrogens with zero attached hydrogens (tertiary/aromatic N) is 1. The van der Waals surface area contributed by atoms with E-state index < -0.39 is 11.7 Å². The smallest absolute Gasteiger partial charge is 0.407 e. The number of nitrogens with one attached hydrogen (secondary N) is 1. The van der Waals surface area contributed by atoms with Gasteiger partial charge in [-0.3, -0.25) is 4.98 Å². The van der Waals surface area contributed by atoms with Gasteiger partial charge in [0.1, 0.15) is 5.60 Å². The second-order valence-corrected chi connectivity index (χ2v) is 5.56. The van der Waals surface area contributed by atoms with Crippen molar-refractivity contribution in [1.29, 1.82) is 0 Å². The van der Waals surface area contributed by atoms with Crippen LogP contribution in [0.25, 0.3) is 6.08 Å². The average Bonchev–Trinajstić information content (AvgIpc) is 2.31. The zero-order valence-electron chi connectivity index (χ0n) is 12.6. The van der Waals surface area contributed by atoms with Crippen LogP contribution in [0.3, 0.4) is 0 Å². The Morgan fingerprint density at radius 2 is 2.20 bits per heavy atom. The molecule has 110 valence electrons. The topological polar surface area (TPSA) is 77.2 Å². The van der Waals surface area contributed by atoms with Gasteiger partial charge in [-0.15, -0.1) is 0 Å². The van der Waals surface area contributed by atoms with Crippen molar-refractivity contribution < 1.29 is 9.53 Å². The lowest BCUT2D eigenvalue weighted by Gasteiger charge is -2.19. The fourth-order valence-electron chi connectivity index (χ4n) is 1.45. The van der Waals surface area contributed by atoms with E-state index in [0.717, 1.165) is 11.3 Å². The second kappa shape index (κ2) is 6.93. The number of aromatic nitrogens is 1. The zero-order valence-corrected chi connectivity index (χ0v) is 12.6. The highest BCUT2D eigenvalue weighted by Gasteiger charge is 2.15. The molecular formula is C15H23N3O2. The number of pyridine rings is 1. The van der Waals surface area contributed by atoms with Gasteiger partial charge in [-0.25, -0.2) is 4.79 Å². The summed E-state index contributed by atoms with van der Waals surface area (Å²) in [6, 6.07) is 1.88. The van der Waals surface area contributed by atoms with Gasteiger partial charge in [0.05, 0.1) is 11.4 Å². The van der Waals surface area contributed by atoms with Crippen LogP contribution in [-0.4, -0.2) is 23.2 Å². The van der Waals surface area contributed by atoms with Gasteiger partial charge < -0.3 is 15.8 Å². The molecule has 1 aromatic heterocycles. The summed E-state index contributed by atoms with van der Waals surface area (Å²) >= 11 is 0. The molecule has 5 heteroatoms. The maximum atomic E-state index is 11.4. The van der Waals surface area contributed by atoms with Gasteiger partial charge >= 0.3 is 6.09 Å². The van der Waals surface area contributed by atoms with Crippen molar-refractivity contribution in [3.05, 3.63) is 29.6 Å². The van der Waals surface area contributed by atoms with Gasteiger partial charge in [0.2, 0.25) is 0 Å². The number of anilines is 1. The Kier molecular flexibility index (Phi) is 5.55. The van der Waals surface area contributed by atoms with Crippen molar-refractivity contribution in [2.45, 2.75) is 39.7 Å². The minimum Gasteiger partial charge on any atom is -0.444 e.